The number of amides is 10. The monoisotopic (exact) mass is 918 g/mol. The van der Waals surface area contributed by atoms with Gasteiger partial charge in [-0.15, -0.1) is 0 Å². The van der Waals surface area contributed by atoms with Crippen LogP contribution in [0.15, 0.2) is 24.3 Å². The van der Waals surface area contributed by atoms with E-state index in [4.69, 9.17) is 10.9 Å². The number of rotatable bonds is 28. The molecule has 21 nitrogen and oxygen atoms in total. The first-order valence-electron chi connectivity index (χ1n) is 21.8. The summed E-state index contributed by atoms with van der Waals surface area (Å²) >= 11 is 1.83. The minimum Gasteiger partial charge on any atom is -0.508 e. The molecule has 2 aliphatic heterocycles. The maximum absolute atomic E-state index is 13.7. The second-order valence-electron chi connectivity index (χ2n) is 17.0. The number of aromatic hydroxyl groups is 1. The molecule has 356 valence electrons. The highest BCUT2D eigenvalue weighted by molar-refractivity contribution is 8.00. The number of nitrogens with two attached hydrogens (primary N) is 1. The average molecular weight is 919 g/mol. The highest BCUT2D eigenvalue weighted by Crippen LogP contribution is 2.33. The van der Waals surface area contributed by atoms with Gasteiger partial charge in [0.25, 0.3) is 0 Å². The molecule has 3 rings (SSSR count). The van der Waals surface area contributed by atoms with Crippen molar-refractivity contribution in [3.05, 3.63) is 29.8 Å². The van der Waals surface area contributed by atoms with E-state index in [1.54, 1.807) is 26.0 Å². The number of primary amides is 1. The zero-order chi connectivity index (χ0) is 47.3. The number of phenolic OH excluding ortho intramolecular Hbond substituents is 1. The number of hydroxylamine groups is 1. The fourth-order valence-electron chi connectivity index (χ4n) is 7.39. The summed E-state index contributed by atoms with van der Waals surface area (Å²) in [7, 11) is 0. The Morgan fingerprint density at radius 3 is 2.14 bits per heavy atom. The van der Waals surface area contributed by atoms with Gasteiger partial charge in [0.05, 0.1) is 25.2 Å². The van der Waals surface area contributed by atoms with Crippen molar-refractivity contribution in [2.45, 2.75) is 127 Å². The second-order valence-corrected chi connectivity index (χ2v) is 18.2. The van der Waals surface area contributed by atoms with Crippen LogP contribution in [0.5, 0.6) is 5.75 Å². The number of carbonyl (C=O) groups excluding carboxylic acids is 9. The SMILES string of the molecule is CC(C)CC(CC(=O)NO)C(=O)N[C@@H](Cc1ccc(O)cc1)C(=O)N[C@H](C(=O)NCC(=O)NCC(=O)N[C@@H](CCCCNC(=O)CCCC[C@@H]1SC[C@@H]2NC(=O)N[C@@H]21)C(N)=O)C(C)C. The van der Waals surface area contributed by atoms with Gasteiger partial charge < -0.3 is 53.4 Å². The molecule has 1 aromatic carbocycles. The number of hydrogen-bond acceptors (Lipinski definition) is 12. The first-order valence-corrected chi connectivity index (χ1v) is 22.8. The predicted molar refractivity (Wildman–Crippen MR) is 236 cm³/mol. The number of hydrogen-bond donors (Lipinski definition) is 12. The van der Waals surface area contributed by atoms with Crippen LogP contribution < -0.4 is 53.7 Å². The van der Waals surface area contributed by atoms with Crippen LogP contribution in [0.2, 0.25) is 0 Å². The molecule has 10 amide bonds. The molecule has 7 atom stereocenters. The fraction of sp³-hybridized carbons (Fsp3) is 0.643. The Bertz CT molecular complexity index is 1780. The summed E-state index contributed by atoms with van der Waals surface area (Å²) < 4.78 is 0. The molecular weight excluding hydrogens is 853 g/mol. The number of benzene rings is 1. The van der Waals surface area contributed by atoms with Crippen LogP contribution in [-0.4, -0.2) is 124 Å². The third-order valence-electron chi connectivity index (χ3n) is 10.8. The van der Waals surface area contributed by atoms with Gasteiger partial charge in [-0.1, -0.05) is 46.2 Å². The van der Waals surface area contributed by atoms with Gasteiger partial charge in [0.1, 0.15) is 23.9 Å². The molecule has 1 aromatic rings. The van der Waals surface area contributed by atoms with Crippen LogP contribution in [0, 0.1) is 17.8 Å². The lowest BCUT2D eigenvalue weighted by Gasteiger charge is -2.27. The fourth-order valence-corrected chi connectivity index (χ4v) is 8.93. The normalized spacial score (nSPS) is 18.3. The maximum atomic E-state index is 13.7. The van der Waals surface area contributed by atoms with Crippen LogP contribution in [0.4, 0.5) is 4.79 Å². The quantitative estimate of drug-likeness (QED) is 0.0216. The molecule has 0 aromatic heterocycles. The Hall–Kier alpha value is -5.64. The van der Waals surface area contributed by atoms with Crippen LogP contribution in [-0.2, 0) is 44.8 Å². The van der Waals surface area contributed by atoms with E-state index in [9.17, 15) is 48.3 Å². The summed E-state index contributed by atoms with van der Waals surface area (Å²) in [4.78, 5) is 114. The molecule has 0 radical (unpaired) electrons. The average Bonchev–Trinajstić information content (AvgIpc) is 3.80. The summed E-state index contributed by atoms with van der Waals surface area (Å²) in [6.45, 7) is 6.30. The van der Waals surface area contributed by atoms with Crippen LogP contribution >= 0.6 is 11.8 Å². The van der Waals surface area contributed by atoms with Crippen molar-refractivity contribution in [2.75, 3.05) is 25.4 Å². The molecule has 13 N–H and O–H groups in total. The summed E-state index contributed by atoms with van der Waals surface area (Å²) in [6.07, 6.45) is 3.97. The molecular formula is C42H66N10O11S. The van der Waals surface area contributed by atoms with E-state index < -0.39 is 84.4 Å². The lowest BCUT2D eigenvalue weighted by molar-refractivity contribution is -0.137. The number of nitrogens with one attached hydrogen (secondary N) is 9. The summed E-state index contributed by atoms with van der Waals surface area (Å²) in [6, 6.07) is 2.69. The smallest absolute Gasteiger partial charge is 0.315 e. The molecule has 2 fully saturated rings. The lowest BCUT2D eigenvalue weighted by atomic mass is 9.92. The van der Waals surface area contributed by atoms with Crippen molar-refractivity contribution in [1.82, 2.24) is 48.0 Å². The highest BCUT2D eigenvalue weighted by atomic mass is 32.2. The molecule has 2 heterocycles. The topological polar surface area (TPSA) is 328 Å². The molecule has 0 aliphatic carbocycles. The largest absolute Gasteiger partial charge is 0.508 e. The Morgan fingerprint density at radius 1 is 0.781 bits per heavy atom. The second kappa shape index (κ2) is 26.9. The predicted octanol–water partition coefficient (Wildman–Crippen LogP) is -0.667. The number of unbranched alkanes of at least 4 members (excludes halogenated alkanes) is 2. The van der Waals surface area contributed by atoms with Crippen molar-refractivity contribution < 1.29 is 53.5 Å². The molecule has 1 unspecified atom stereocenters. The van der Waals surface area contributed by atoms with Crippen LogP contribution in [0.25, 0.3) is 0 Å². The van der Waals surface area contributed by atoms with Crippen molar-refractivity contribution in [3.8, 4) is 5.75 Å². The van der Waals surface area contributed by atoms with Gasteiger partial charge >= 0.3 is 6.03 Å². The van der Waals surface area contributed by atoms with Gasteiger partial charge in [-0.25, -0.2) is 10.3 Å². The lowest BCUT2D eigenvalue weighted by Crippen LogP contribution is -2.57. The molecule has 64 heavy (non-hydrogen) atoms. The van der Waals surface area contributed by atoms with E-state index in [2.05, 4.69) is 42.5 Å². The van der Waals surface area contributed by atoms with E-state index in [1.165, 1.54) is 17.6 Å². The number of fused-ring (bicyclic) bond motifs is 1. The van der Waals surface area contributed by atoms with E-state index in [0.717, 1.165) is 25.0 Å². The zero-order valence-electron chi connectivity index (χ0n) is 37.0. The number of carbonyl (C=O) groups is 9. The Morgan fingerprint density at radius 2 is 1.48 bits per heavy atom. The van der Waals surface area contributed by atoms with E-state index in [0.29, 0.717) is 36.6 Å². The summed E-state index contributed by atoms with van der Waals surface area (Å²) in [5, 5.41) is 40.5. The molecule has 0 bridgehead atoms. The third kappa shape index (κ3) is 18.6. The van der Waals surface area contributed by atoms with Crippen molar-refractivity contribution in [1.29, 1.82) is 0 Å². The van der Waals surface area contributed by atoms with Gasteiger partial charge in [-0.3, -0.25) is 43.6 Å². The van der Waals surface area contributed by atoms with Crippen LogP contribution in [0.1, 0.15) is 91.0 Å². The van der Waals surface area contributed by atoms with Crippen molar-refractivity contribution in [2.24, 2.45) is 23.5 Å². The summed E-state index contributed by atoms with van der Waals surface area (Å²) in [5.41, 5.74) is 7.58. The molecule has 2 aliphatic rings. The van der Waals surface area contributed by atoms with E-state index >= 15 is 0 Å². The minimum absolute atomic E-state index is 0.0111. The number of phenols is 1. The third-order valence-corrected chi connectivity index (χ3v) is 12.3. The highest BCUT2D eigenvalue weighted by Gasteiger charge is 2.42. The number of urea groups is 1. The van der Waals surface area contributed by atoms with Crippen LogP contribution in [0.3, 0.4) is 0 Å². The Kier molecular flexibility index (Phi) is 22.1. The minimum atomic E-state index is -1.23. The van der Waals surface area contributed by atoms with Gasteiger partial charge in [0.2, 0.25) is 47.3 Å². The zero-order valence-corrected chi connectivity index (χ0v) is 37.8. The summed E-state index contributed by atoms with van der Waals surface area (Å²) in [5.74, 6) is -5.68. The molecule has 0 saturated carbocycles. The number of thioether (sulfide) groups is 1. The van der Waals surface area contributed by atoms with E-state index in [-0.39, 0.29) is 61.4 Å². The Labute approximate surface area is 377 Å². The molecule has 2 saturated heterocycles. The van der Waals surface area contributed by atoms with Crippen molar-refractivity contribution in [3.63, 3.8) is 0 Å². The van der Waals surface area contributed by atoms with Crippen molar-refractivity contribution >= 4 is 65.1 Å². The Balaban J connectivity index is 1.41. The maximum Gasteiger partial charge on any atom is 0.315 e. The standard InChI is InChI=1S/C42H66N10O11S/c1-23(2)17-26(19-33(55)52-63)39(59)48-29(18-25-12-14-27(53)15-13-25)40(60)50-36(24(3)4)41(61)46-20-34(56)45-21-35(57)47-28(38(43)58)9-7-8-16-44-32(54)11-6-5-10-31-37-30(22-64-31)49-42(62)51-37/h12-15,23-24,26,28-31,36-37,53,63H,5-11,16-22H2,1-4H3,(H2,43,58)(H,44,54)(H,45,56)(H,46,61)(H,47,57)(H,48,59)(H,50,60)(H,52,55)(H2,49,51,62)/t26?,28-,29-,30-,31-,36-,37-/m0/s1. The van der Waals surface area contributed by atoms with Gasteiger partial charge in [-0.2, -0.15) is 11.8 Å². The first-order chi connectivity index (χ1) is 30.4. The molecule has 22 heteroatoms. The molecule has 0 spiro atoms. The first kappa shape index (κ1) is 52.7. The van der Waals surface area contributed by atoms with Gasteiger partial charge in [-0.05, 0) is 68.1 Å². The van der Waals surface area contributed by atoms with Gasteiger partial charge in [0, 0.05) is 42.7 Å². The van der Waals surface area contributed by atoms with Gasteiger partial charge in [0.15, 0.2) is 0 Å². The van der Waals surface area contributed by atoms with E-state index in [1.807, 2.05) is 25.6 Å².